The molecule has 102 valence electrons. The number of hydrogen-bond acceptors (Lipinski definition) is 4. The van der Waals surface area contributed by atoms with Crippen molar-refractivity contribution in [1.82, 2.24) is 4.98 Å². The standard InChI is InChI=1S/C14H10ClFN2OS/c15-11-5-9(16)2-1-8(11)7-20-14-18-12-6-10(17)3-4-13(12)19-14/h1-6H,7,17H2. The molecule has 1 aromatic heterocycles. The molecule has 0 aliphatic carbocycles. The third-order valence-corrected chi connectivity index (χ3v) is 3.99. The molecule has 0 fully saturated rings. The molecule has 2 aromatic carbocycles. The van der Waals surface area contributed by atoms with Gasteiger partial charge in [0.05, 0.1) is 0 Å². The Morgan fingerprint density at radius 1 is 1.25 bits per heavy atom. The average molecular weight is 309 g/mol. The van der Waals surface area contributed by atoms with Crippen molar-refractivity contribution in [3.8, 4) is 0 Å². The van der Waals surface area contributed by atoms with Gasteiger partial charge in [-0.25, -0.2) is 9.37 Å². The molecule has 2 N–H and O–H groups in total. The van der Waals surface area contributed by atoms with Crippen molar-refractivity contribution < 1.29 is 8.81 Å². The van der Waals surface area contributed by atoms with Crippen LogP contribution in [0.5, 0.6) is 0 Å². The predicted molar refractivity (Wildman–Crippen MR) is 79.4 cm³/mol. The minimum Gasteiger partial charge on any atom is -0.431 e. The van der Waals surface area contributed by atoms with Gasteiger partial charge in [0.25, 0.3) is 5.22 Å². The zero-order valence-electron chi connectivity index (χ0n) is 10.3. The number of fused-ring (bicyclic) bond motifs is 1. The van der Waals surface area contributed by atoms with Gasteiger partial charge < -0.3 is 10.2 Å². The lowest BCUT2D eigenvalue weighted by Crippen LogP contribution is -1.84. The van der Waals surface area contributed by atoms with Gasteiger partial charge in [-0.05, 0) is 35.9 Å². The number of hydrogen-bond donors (Lipinski definition) is 1. The number of halogens is 2. The third-order valence-electron chi connectivity index (χ3n) is 2.76. The number of thioether (sulfide) groups is 1. The van der Waals surface area contributed by atoms with E-state index in [-0.39, 0.29) is 5.82 Å². The predicted octanol–water partition coefficient (Wildman–Crippen LogP) is 4.49. The van der Waals surface area contributed by atoms with E-state index in [1.54, 1.807) is 24.3 Å². The Labute approximate surface area is 123 Å². The second-order valence-electron chi connectivity index (χ2n) is 4.23. The van der Waals surface area contributed by atoms with Crippen LogP contribution in [0.2, 0.25) is 5.02 Å². The van der Waals surface area contributed by atoms with Gasteiger partial charge in [0.15, 0.2) is 5.58 Å². The summed E-state index contributed by atoms with van der Waals surface area (Å²) in [6.45, 7) is 0. The Hall–Kier alpha value is -1.72. The summed E-state index contributed by atoms with van der Waals surface area (Å²) >= 11 is 7.37. The Balaban J connectivity index is 1.79. The lowest BCUT2D eigenvalue weighted by Gasteiger charge is -2.01. The van der Waals surface area contributed by atoms with Crippen LogP contribution < -0.4 is 5.73 Å². The highest BCUT2D eigenvalue weighted by Gasteiger charge is 2.09. The van der Waals surface area contributed by atoms with Crippen molar-refractivity contribution in [3.05, 3.63) is 52.8 Å². The molecule has 0 saturated heterocycles. The number of benzene rings is 2. The van der Waals surface area contributed by atoms with Gasteiger partial charge in [-0.15, -0.1) is 0 Å². The molecule has 3 nitrogen and oxygen atoms in total. The monoisotopic (exact) mass is 308 g/mol. The Kier molecular flexibility index (Phi) is 3.54. The number of nitrogens with zero attached hydrogens (tertiary/aromatic N) is 1. The molecule has 0 radical (unpaired) electrons. The molecule has 0 atom stereocenters. The molecule has 6 heteroatoms. The Morgan fingerprint density at radius 2 is 2.10 bits per heavy atom. The Bertz CT molecular complexity index is 775. The van der Waals surface area contributed by atoms with Gasteiger partial charge in [0, 0.05) is 16.5 Å². The molecule has 3 aromatic rings. The summed E-state index contributed by atoms with van der Waals surface area (Å²) < 4.78 is 18.5. The maximum Gasteiger partial charge on any atom is 0.257 e. The van der Waals surface area contributed by atoms with E-state index in [1.807, 2.05) is 0 Å². The first-order valence-electron chi connectivity index (χ1n) is 5.84. The summed E-state index contributed by atoms with van der Waals surface area (Å²) in [5.41, 5.74) is 8.57. The van der Waals surface area contributed by atoms with E-state index < -0.39 is 0 Å². The van der Waals surface area contributed by atoms with Crippen LogP contribution in [0.15, 0.2) is 46.0 Å². The Morgan fingerprint density at radius 3 is 2.90 bits per heavy atom. The minimum atomic E-state index is -0.346. The van der Waals surface area contributed by atoms with Gasteiger partial charge in [0.1, 0.15) is 11.3 Å². The summed E-state index contributed by atoms with van der Waals surface area (Å²) in [5.74, 6) is 0.211. The van der Waals surface area contributed by atoms with Crippen LogP contribution in [-0.4, -0.2) is 4.98 Å². The first-order chi connectivity index (χ1) is 9.61. The first-order valence-corrected chi connectivity index (χ1v) is 7.21. The molecule has 0 spiro atoms. The van der Waals surface area contributed by atoms with E-state index in [0.29, 0.717) is 27.3 Å². The summed E-state index contributed by atoms with van der Waals surface area (Å²) in [4.78, 5) is 4.33. The van der Waals surface area contributed by atoms with Crippen LogP contribution in [0.4, 0.5) is 10.1 Å². The summed E-state index contributed by atoms with van der Waals surface area (Å²) in [6.07, 6.45) is 0. The fourth-order valence-corrected chi connectivity index (χ4v) is 2.92. The van der Waals surface area contributed by atoms with Gasteiger partial charge in [0.2, 0.25) is 0 Å². The topological polar surface area (TPSA) is 52.0 Å². The van der Waals surface area contributed by atoms with Gasteiger partial charge >= 0.3 is 0 Å². The molecule has 0 amide bonds. The highest BCUT2D eigenvalue weighted by Crippen LogP contribution is 2.29. The molecule has 0 aliphatic rings. The zero-order valence-corrected chi connectivity index (χ0v) is 11.8. The molecule has 3 rings (SSSR count). The van der Waals surface area contributed by atoms with Crippen LogP contribution in [0.3, 0.4) is 0 Å². The lowest BCUT2D eigenvalue weighted by atomic mass is 10.2. The van der Waals surface area contributed by atoms with E-state index in [0.717, 1.165) is 11.1 Å². The van der Waals surface area contributed by atoms with Crippen molar-refractivity contribution >= 4 is 40.1 Å². The molecular weight excluding hydrogens is 299 g/mol. The van der Waals surface area contributed by atoms with Crippen molar-refractivity contribution in [2.24, 2.45) is 0 Å². The molecule has 20 heavy (non-hydrogen) atoms. The highest BCUT2D eigenvalue weighted by atomic mass is 35.5. The van der Waals surface area contributed by atoms with Gasteiger partial charge in [-0.3, -0.25) is 0 Å². The molecule has 1 heterocycles. The first kappa shape index (κ1) is 13.3. The number of rotatable bonds is 3. The molecule has 0 bridgehead atoms. The number of oxazole rings is 1. The largest absolute Gasteiger partial charge is 0.431 e. The van der Waals surface area contributed by atoms with E-state index in [1.165, 1.54) is 23.9 Å². The molecule has 0 saturated carbocycles. The van der Waals surface area contributed by atoms with Crippen molar-refractivity contribution in [3.63, 3.8) is 0 Å². The van der Waals surface area contributed by atoms with Gasteiger partial charge in [-0.2, -0.15) is 0 Å². The van der Waals surface area contributed by atoms with Crippen molar-refractivity contribution in [1.29, 1.82) is 0 Å². The summed E-state index contributed by atoms with van der Waals surface area (Å²) in [6, 6.07) is 9.64. The number of anilines is 1. The maximum atomic E-state index is 13.0. The van der Waals surface area contributed by atoms with Crippen molar-refractivity contribution in [2.75, 3.05) is 5.73 Å². The molecule has 0 unspecified atom stereocenters. The van der Waals surface area contributed by atoms with Crippen molar-refractivity contribution in [2.45, 2.75) is 11.0 Å². The summed E-state index contributed by atoms with van der Waals surface area (Å²) in [7, 11) is 0. The second kappa shape index (κ2) is 5.34. The van der Waals surface area contributed by atoms with Crippen LogP contribution in [0, 0.1) is 5.82 Å². The van der Waals surface area contributed by atoms with Crippen LogP contribution in [-0.2, 0) is 5.75 Å². The van der Waals surface area contributed by atoms with E-state index in [9.17, 15) is 4.39 Å². The SMILES string of the molecule is Nc1ccc2oc(SCc3ccc(F)cc3Cl)nc2c1. The lowest BCUT2D eigenvalue weighted by molar-refractivity contribution is 0.489. The molecular formula is C14H10ClFN2OS. The number of nitrogen functional groups attached to an aromatic ring is 1. The fraction of sp³-hybridized carbons (Fsp3) is 0.0714. The smallest absolute Gasteiger partial charge is 0.257 e. The fourth-order valence-electron chi connectivity index (χ4n) is 1.76. The van der Waals surface area contributed by atoms with E-state index >= 15 is 0 Å². The second-order valence-corrected chi connectivity index (χ2v) is 5.57. The highest BCUT2D eigenvalue weighted by molar-refractivity contribution is 7.98. The van der Waals surface area contributed by atoms with Crippen LogP contribution >= 0.6 is 23.4 Å². The molecule has 0 aliphatic heterocycles. The third kappa shape index (κ3) is 2.73. The van der Waals surface area contributed by atoms with Gasteiger partial charge in [-0.1, -0.05) is 29.4 Å². The maximum absolute atomic E-state index is 13.0. The van der Waals surface area contributed by atoms with E-state index in [4.69, 9.17) is 21.8 Å². The average Bonchev–Trinajstić information content (AvgIpc) is 2.79. The number of aromatic nitrogens is 1. The van der Waals surface area contributed by atoms with Crippen LogP contribution in [0.1, 0.15) is 5.56 Å². The normalized spacial score (nSPS) is 11.1. The van der Waals surface area contributed by atoms with Crippen LogP contribution in [0.25, 0.3) is 11.1 Å². The summed E-state index contributed by atoms with van der Waals surface area (Å²) in [5, 5.41) is 0.934. The zero-order chi connectivity index (χ0) is 14.1. The number of nitrogens with two attached hydrogens (primary N) is 1. The minimum absolute atomic E-state index is 0.346. The quantitative estimate of drug-likeness (QED) is 0.572. The van der Waals surface area contributed by atoms with E-state index in [2.05, 4.69) is 4.98 Å².